The second-order valence-electron chi connectivity index (χ2n) is 6.42. The molecule has 0 aliphatic heterocycles. The van der Waals surface area contributed by atoms with Gasteiger partial charge >= 0.3 is 0 Å². The lowest BCUT2D eigenvalue weighted by Crippen LogP contribution is -2.20. The second-order valence-corrected chi connectivity index (χ2v) is 6.42. The monoisotopic (exact) mass is 399 g/mol. The summed E-state index contributed by atoms with van der Waals surface area (Å²) in [6, 6.07) is 17.5. The van der Waals surface area contributed by atoms with E-state index >= 15 is 0 Å². The Hall–Kier alpha value is -4.56. The lowest BCUT2D eigenvalue weighted by Gasteiger charge is -2.14. The SMILES string of the molecule is Cc1ccc(NC(=O)COc2ccccc2-c2c(C#N)c(N)[nH]c(=O)c2C#N)cc1. The van der Waals surface area contributed by atoms with Crippen LogP contribution in [0, 0.1) is 29.6 Å². The van der Waals surface area contributed by atoms with Crippen molar-refractivity contribution < 1.29 is 9.53 Å². The summed E-state index contributed by atoms with van der Waals surface area (Å²) in [5, 5.41) is 21.7. The first-order valence-corrected chi connectivity index (χ1v) is 8.89. The van der Waals surface area contributed by atoms with E-state index in [9.17, 15) is 20.1 Å². The summed E-state index contributed by atoms with van der Waals surface area (Å²) in [5.41, 5.74) is 6.82. The normalized spacial score (nSPS) is 9.97. The Kier molecular flexibility index (Phi) is 5.81. The third-order valence-corrected chi connectivity index (χ3v) is 4.32. The van der Waals surface area contributed by atoms with E-state index in [4.69, 9.17) is 10.5 Å². The van der Waals surface area contributed by atoms with E-state index in [1.807, 2.05) is 31.2 Å². The molecule has 148 valence electrons. The van der Waals surface area contributed by atoms with Gasteiger partial charge in [0.2, 0.25) is 0 Å². The molecule has 0 spiro atoms. The van der Waals surface area contributed by atoms with Crippen molar-refractivity contribution in [2.75, 3.05) is 17.7 Å². The largest absolute Gasteiger partial charge is 0.483 e. The number of nitrogen functional groups attached to an aromatic ring is 1. The molecule has 0 fully saturated rings. The van der Waals surface area contributed by atoms with Crippen LogP contribution in [0.1, 0.15) is 16.7 Å². The van der Waals surface area contributed by atoms with E-state index in [0.717, 1.165) is 5.56 Å². The highest BCUT2D eigenvalue weighted by molar-refractivity contribution is 5.92. The van der Waals surface area contributed by atoms with Crippen LogP contribution < -0.4 is 21.3 Å². The number of anilines is 2. The molecule has 0 saturated carbocycles. The Bertz CT molecular complexity index is 1250. The Labute approximate surface area is 172 Å². The number of nitriles is 2. The van der Waals surface area contributed by atoms with Gasteiger partial charge in [0.25, 0.3) is 11.5 Å². The Morgan fingerprint density at radius 3 is 2.43 bits per heavy atom. The van der Waals surface area contributed by atoms with Crippen molar-refractivity contribution in [1.82, 2.24) is 4.98 Å². The number of carbonyl (C=O) groups is 1. The van der Waals surface area contributed by atoms with Gasteiger partial charge in [-0.15, -0.1) is 0 Å². The molecule has 0 saturated heterocycles. The average Bonchev–Trinajstić information content (AvgIpc) is 2.74. The van der Waals surface area contributed by atoms with Crippen LogP contribution in [0.2, 0.25) is 0 Å². The summed E-state index contributed by atoms with van der Waals surface area (Å²) in [6.07, 6.45) is 0. The maximum Gasteiger partial charge on any atom is 0.268 e. The van der Waals surface area contributed by atoms with E-state index in [2.05, 4.69) is 10.3 Å². The molecule has 1 heterocycles. The topological polar surface area (TPSA) is 145 Å². The zero-order valence-corrected chi connectivity index (χ0v) is 16.0. The van der Waals surface area contributed by atoms with Gasteiger partial charge in [-0.2, -0.15) is 10.5 Å². The number of carbonyl (C=O) groups excluding carboxylic acids is 1. The molecule has 0 bridgehead atoms. The van der Waals surface area contributed by atoms with Gasteiger partial charge in [-0.05, 0) is 25.1 Å². The molecule has 0 unspecified atom stereocenters. The van der Waals surface area contributed by atoms with Gasteiger partial charge in [0.1, 0.15) is 34.8 Å². The lowest BCUT2D eigenvalue weighted by molar-refractivity contribution is -0.118. The van der Waals surface area contributed by atoms with E-state index in [-0.39, 0.29) is 40.8 Å². The molecule has 0 atom stereocenters. The second kappa shape index (κ2) is 8.63. The Balaban J connectivity index is 1.92. The first-order valence-electron chi connectivity index (χ1n) is 8.89. The summed E-state index contributed by atoms with van der Waals surface area (Å²) in [7, 11) is 0. The van der Waals surface area contributed by atoms with Crippen LogP contribution in [-0.2, 0) is 4.79 Å². The third-order valence-electron chi connectivity index (χ3n) is 4.32. The van der Waals surface area contributed by atoms with Crippen molar-refractivity contribution in [2.45, 2.75) is 6.92 Å². The van der Waals surface area contributed by atoms with Crippen molar-refractivity contribution in [1.29, 1.82) is 10.5 Å². The van der Waals surface area contributed by atoms with Gasteiger partial charge in [-0.3, -0.25) is 9.59 Å². The van der Waals surface area contributed by atoms with Crippen molar-refractivity contribution in [3.63, 3.8) is 0 Å². The molecule has 2 aromatic carbocycles. The molecule has 8 nitrogen and oxygen atoms in total. The van der Waals surface area contributed by atoms with Crippen LogP contribution >= 0.6 is 0 Å². The van der Waals surface area contributed by atoms with Crippen molar-refractivity contribution in [2.24, 2.45) is 0 Å². The lowest BCUT2D eigenvalue weighted by atomic mass is 9.96. The number of H-pyrrole nitrogens is 1. The number of benzene rings is 2. The number of aromatic nitrogens is 1. The summed E-state index contributed by atoms with van der Waals surface area (Å²) in [6.45, 7) is 1.63. The number of nitrogens with zero attached hydrogens (tertiary/aromatic N) is 2. The Morgan fingerprint density at radius 1 is 1.10 bits per heavy atom. The van der Waals surface area contributed by atoms with Gasteiger partial charge in [-0.1, -0.05) is 35.9 Å². The fraction of sp³-hybridized carbons (Fsp3) is 0.0909. The molecule has 3 aromatic rings. The van der Waals surface area contributed by atoms with E-state index in [1.165, 1.54) is 0 Å². The zero-order chi connectivity index (χ0) is 21.7. The minimum atomic E-state index is -0.712. The summed E-state index contributed by atoms with van der Waals surface area (Å²) < 4.78 is 5.64. The number of para-hydroxylation sites is 1. The summed E-state index contributed by atoms with van der Waals surface area (Å²) >= 11 is 0. The van der Waals surface area contributed by atoms with Crippen molar-refractivity contribution in [3.8, 4) is 29.0 Å². The van der Waals surface area contributed by atoms with Crippen molar-refractivity contribution >= 4 is 17.4 Å². The average molecular weight is 399 g/mol. The maximum atomic E-state index is 12.3. The van der Waals surface area contributed by atoms with Crippen LogP contribution in [0.4, 0.5) is 11.5 Å². The van der Waals surface area contributed by atoms with Crippen LogP contribution in [0.5, 0.6) is 5.75 Å². The summed E-state index contributed by atoms with van der Waals surface area (Å²) in [4.78, 5) is 26.7. The molecule has 3 rings (SSSR count). The quantitative estimate of drug-likeness (QED) is 0.601. The highest BCUT2D eigenvalue weighted by Crippen LogP contribution is 2.35. The number of ether oxygens (including phenoxy) is 1. The number of hydrogen-bond donors (Lipinski definition) is 3. The minimum absolute atomic E-state index is 0.0497. The van der Waals surface area contributed by atoms with E-state index in [0.29, 0.717) is 11.3 Å². The van der Waals surface area contributed by atoms with Crippen molar-refractivity contribution in [3.05, 3.63) is 75.6 Å². The predicted molar refractivity (Wildman–Crippen MR) is 112 cm³/mol. The number of pyridine rings is 1. The number of aromatic amines is 1. The molecule has 0 radical (unpaired) electrons. The van der Waals surface area contributed by atoms with Gasteiger partial charge in [0, 0.05) is 16.8 Å². The first kappa shape index (κ1) is 20.2. The molecule has 1 amide bonds. The number of rotatable bonds is 5. The van der Waals surface area contributed by atoms with Crippen LogP contribution in [0.25, 0.3) is 11.1 Å². The van der Waals surface area contributed by atoms with Crippen LogP contribution in [-0.4, -0.2) is 17.5 Å². The van der Waals surface area contributed by atoms with Gasteiger partial charge in [0.05, 0.1) is 0 Å². The molecule has 8 heteroatoms. The van der Waals surface area contributed by atoms with Gasteiger partial charge in [0.15, 0.2) is 6.61 Å². The number of aryl methyl sites for hydroxylation is 1. The third kappa shape index (κ3) is 4.13. The Morgan fingerprint density at radius 2 is 1.77 bits per heavy atom. The number of nitrogens with one attached hydrogen (secondary N) is 2. The fourth-order valence-corrected chi connectivity index (χ4v) is 2.89. The van der Waals surface area contributed by atoms with Crippen LogP contribution in [0.15, 0.2) is 53.3 Å². The maximum absolute atomic E-state index is 12.3. The van der Waals surface area contributed by atoms with Crippen LogP contribution in [0.3, 0.4) is 0 Å². The number of nitrogens with two attached hydrogens (primary N) is 1. The fourth-order valence-electron chi connectivity index (χ4n) is 2.89. The summed E-state index contributed by atoms with van der Waals surface area (Å²) in [5.74, 6) is -0.307. The molecule has 1 aromatic heterocycles. The smallest absolute Gasteiger partial charge is 0.268 e. The molecular formula is C22H17N5O3. The first-order chi connectivity index (χ1) is 14.4. The molecule has 30 heavy (non-hydrogen) atoms. The number of amides is 1. The standard InChI is InChI=1S/C22H17N5O3/c1-13-6-8-14(9-7-13)26-19(28)12-30-18-5-3-2-4-15(18)20-16(10-23)21(25)27-22(29)17(20)11-24/h2-9H,12H2,1H3,(H,26,28)(H3,25,27,29). The molecule has 4 N–H and O–H groups in total. The van der Waals surface area contributed by atoms with E-state index in [1.54, 1.807) is 36.4 Å². The highest BCUT2D eigenvalue weighted by atomic mass is 16.5. The minimum Gasteiger partial charge on any atom is -0.483 e. The molecule has 0 aliphatic carbocycles. The predicted octanol–water partition coefficient (Wildman–Crippen LogP) is 2.69. The molecule has 0 aliphatic rings. The highest BCUT2D eigenvalue weighted by Gasteiger charge is 2.21. The van der Waals surface area contributed by atoms with E-state index < -0.39 is 5.56 Å². The number of hydrogen-bond acceptors (Lipinski definition) is 6. The van der Waals surface area contributed by atoms with Gasteiger partial charge < -0.3 is 20.8 Å². The van der Waals surface area contributed by atoms with Gasteiger partial charge in [-0.25, -0.2) is 0 Å². The zero-order valence-electron chi connectivity index (χ0n) is 16.0. The molecular weight excluding hydrogens is 382 g/mol.